The van der Waals surface area contributed by atoms with E-state index in [0.717, 1.165) is 17.1 Å². The highest BCUT2D eigenvalue weighted by Crippen LogP contribution is 2.21. The molecule has 0 spiro atoms. The van der Waals surface area contributed by atoms with Crippen molar-refractivity contribution in [1.29, 1.82) is 0 Å². The highest BCUT2D eigenvalue weighted by Gasteiger charge is 2.08. The van der Waals surface area contributed by atoms with Crippen LogP contribution in [0.4, 0.5) is 17.1 Å². The summed E-state index contributed by atoms with van der Waals surface area (Å²) in [4.78, 5) is 16.4. The number of aromatic nitrogens is 1. The van der Waals surface area contributed by atoms with E-state index >= 15 is 0 Å². The number of nitrogens with one attached hydrogen (secondary N) is 2. The molecular formula is C19H16ClN3O2. The third-order valence-corrected chi connectivity index (χ3v) is 3.67. The second-order valence-electron chi connectivity index (χ2n) is 5.25. The third-order valence-electron chi connectivity index (χ3n) is 3.44. The topological polar surface area (TPSA) is 63.2 Å². The molecule has 0 bridgehead atoms. The lowest BCUT2D eigenvalue weighted by Crippen LogP contribution is -2.13. The lowest BCUT2D eigenvalue weighted by atomic mass is 10.2. The maximum atomic E-state index is 12.2. The number of pyridine rings is 1. The number of ether oxygens (including phenoxy) is 1. The summed E-state index contributed by atoms with van der Waals surface area (Å²) in [5.74, 6) is 0.464. The molecule has 3 rings (SSSR count). The molecule has 0 radical (unpaired) electrons. The van der Waals surface area contributed by atoms with E-state index in [-0.39, 0.29) is 5.91 Å². The van der Waals surface area contributed by atoms with Crippen molar-refractivity contribution in [3.05, 3.63) is 77.6 Å². The van der Waals surface area contributed by atoms with E-state index in [1.807, 2.05) is 24.3 Å². The molecule has 0 saturated heterocycles. The Bertz CT molecular complexity index is 882. The van der Waals surface area contributed by atoms with Gasteiger partial charge in [-0.1, -0.05) is 23.7 Å². The first-order valence-corrected chi connectivity index (χ1v) is 7.96. The molecule has 25 heavy (non-hydrogen) atoms. The normalized spacial score (nSPS) is 10.2. The van der Waals surface area contributed by atoms with Crippen LogP contribution in [0.25, 0.3) is 0 Å². The van der Waals surface area contributed by atoms with Crippen molar-refractivity contribution in [1.82, 2.24) is 4.98 Å². The Morgan fingerprint density at radius 1 is 1.00 bits per heavy atom. The average Bonchev–Trinajstić information content (AvgIpc) is 2.62. The summed E-state index contributed by atoms with van der Waals surface area (Å²) in [5, 5.41) is 6.53. The van der Waals surface area contributed by atoms with Crippen LogP contribution in [0.3, 0.4) is 0 Å². The van der Waals surface area contributed by atoms with Crippen molar-refractivity contribution in [3.63, 3.8) is 0 Å². The maximum absolute atomic E-state index is 12.2. The number of carbonyl (C=O) groups is 1. The molecule has 1 aromatic heterocycles. The molecule has 0 atom stereocenters. The fourth-order valence-electron chi connectivity index (χ4n) is 2.23. The molecule has 126 valence electrons. The van der Waals surface area contributed by atoms with Crippen molar-refractivity contribution in [2.24, 2.45) is 0 Å². The van der Waals surface area contributed by atoms with Gasteiger partial charge < -0.3 is 15.4 Å². The first kappa shape index (κ1) is 16.8. The van der Waals surface area contributed by atoms with Gasteiger partial charge in [-0.2, -0.15) is 0 Å². The minimum Gasteiger partial charge on any atom is -0.497 e. The number of rotatable bonds is 5. The molecule has 5 nitrogen and oxygen atoms in total. The Kier molecular flexibility index (Phi) is 5.16. The molecule has 2 N–H and O–H groups in total. The highest BCUT2D eigenvalue weighted by atomic mass is 35.5. The molecule has 0 saturated carbocycles. The van der Waals surface area contributed by atoms with Gasteiger partial charge in [-0.3, -0.25) is 4.79 Å². The number of benzene rings is 2. The zero-order valence-electron chi connectivity index (χ0n) is 13.5. The number of hydrogen-bond donors (Lipinski definition) is 2. The molecule has 0 aliphatic heterocycles. The van der Waals surface area contributed by atoms with Gasteiger partial charge in [-0.25, -0.2) is 4.98 Å². The number of anilines is 3. The van der Waals surface area contributed by atoms with E-state index in [2.05, 4.69) is 15.6 Å². The van der Waals surface area contributed by atoms with Crippen molar-refractivity contribution < 1.29 is 9.53 Å². The van der Waals surface area contributed by atoms with Crippen LogP contribution in [0, 0.1) is 0 Å². The van der Waals surface area contributed by atoms with Crippen LogP contribution in [0.1, 0.15) is 10.5 Å². The number of halogens is 1. The summed E-state index contributed by atoms with van der Waals surface area (Å²) < 4.78 is 5.19. The highest BCUT2D eigenvalue weighted by molar-refractivity contribution is 6.30. The number of hydrogen-bond acceptors (Lipinski definition) is 4. The van der Waals surface area contributed by atoms with E-state index in [4.69, 9.17) is 16.3 Å². The van der Waals surface area contributed by atoms with Crippen molar-refractivity contribution in [2.45, 2.75) is 0 Å². The summed E-state index contributed by atoms with van der Waals surface area (Å²) in [7, 11) is 1.62. The maximum Gasteiger partial charge on any atom is 0.274 e. The second kappa shape index (κ2) is 7.68. The van der Waals surface area contributed by atoms with Gasteiger partial charge in [-0.15, -0.1) is 0 Å². The predicted molar refractivity (Wildman–Crippen MR) is 99.9 cm³/mol. The largest absolute Gasteiger partial charge is 0.497 e. The number of amides is 1. The van der Waals surface area contributed by atoms with E-state index < -0.39 is 0 Å². The van der Waals surface area contributed by atoms with E-state index in [0.29, 0.717) is 16.4 Å². The Balaban J connectivity index is 1.68. The summed E-state index contributed by atoms with van der Waals surface area (Å²) in [5.41, 5.74) is 2.58. The summed E-state index contributed by atoms with van der Waals surface area (Å²) >= 11 is 5.91. The Hall–Kier alpha value is -3.05. The third kappa shape index (κ3) is 4.49. The van der Waals surface area contributed by atoms with Crippen LogP contribution in [-0.2, 0) is 0 Å². The van der Waals surface area contributed by atoms with Gasteiger partial charge in [0.25, 0.3) is 5.91 Å². The second-order valence-corrected chi connectivity index (χ2v) is 5.69. The van der Waals surface area contributed by atoms with Crippen molar-refractivity contribution >= 4 is 34.6 Å². The Labute approximate surface area is 150 Å². The van der Waals surface area contributed by atoms with Gasteiger partial charge in [0.15, 0.2) is 0 Å². The van der Waals surface area contributed by atoms with Gasteiger partial charge in [-0.05, 0) is 42.5 Å². The Morgan fingerprint density at radius 2 is 1.80 bits per heavy atom. The number of nitrogens with zero attached hydrogens (tertiary/aromatic N) is 1. The standard InChI is InChI=1S/C19H16ClN3O2/c1-25-17-7-3-6-15(11-17)22-16-8-9-18(21-12-16)19(24)23-14-5-2-4-13(20)10-14/h2-12,22H,1H3,(H,23,24). The molecule has 0 aliphatic carbocycles. The van der Waals surface area contributed by atoms with Crippen molar-refractivity contribution in [2.75, 3.05) is 17.7 Å². The van der Waals surface area contributed by atoms with Crippen LogP contribution < -0.4 is 15.4 Å². The van der Waals surface area contributed by atoms with Gasteiger partial charge in [0.05, 0.1) is 19.0 Å². The van der Waals surface area contributed by atoms with Gasteiger partial charge in [0.1, 0.15) is 11.4 Å². The molecule has 0 unspecified atom stereocenters. The molecule has 1 amide bonds. The quantitative estimate of drug-likeness (QED) is 0.695. The number of carbonyl (C=O) groups excluding carboxylic acids is 1. The monoisotopic (exact) mass is 353 g/mol. The molecular weight excluding hydrogens is 338 g/mol. The fraction of sp³-hybridized carbons (Fsp3) is 0.0526. The first-order valence-electron chi connectivity index (χ1n) is 7.58. The van der Waals surface area contributed by atoms with Crippen LogP contribution in [0.15, 0.2) is 66.9 Å². The fourth-order valence-corrected chi connectivity index (χ4v) is 2.42. The first-order chi connectivity index (χ1) is 12.1. The van der Waals surface area contributed by atoms with Crippen LogP contribution in [-0.4, -0.2) is 18.0 Å². The molecule has 6 heteroatoms. The average molecular weight is 354 g/mol. The zero-order valence-corrected chi connectivity index (χ0v) is 14.2. The lowest BCUT2D eigenvalue weighted by molar-refractivity contribution is 0.102. The molecule has 0 fully saturated rings. The minimum atomic E-state index is -0.296. The van der Waals surface area contributed by atoms with Crippen LogP contribution >= 0.6 is 11.6 Å². The molecule has 0 aliphatic rings. The summed E-state index contributed by atoms with van der Waals surface area (Å²) in [6.45, 7) is 0. The lowest BCUT2D eigenvalue weighted by Gasteiger charge is -2.09. The number of methoxy groups -OCH3 is 1. The van der Waals surface area contributed by atoms with Crippen LogP contribution in [0.2, 0.25) is 5.02 Å². The Morgan fingerprint density at radius 3 is 2.52 bits per heavy atom. The van der Waals surface area contributed by atoms with E-state index in [9.17, 15) is 4.79 Å². The van der Waals surface area contributed by atoms with E-state index in [1.165, 1.54) is 0 Å². The van der Waals surface area contributed by atoms with E-state index in [1.54, 1.807) is 49.7 Å². The van der Waals surface area contributed by atoms with Gasteiger partial charge in [0.2, 0.25) is 0 Å². The van der Waals surface area contributed by atoms with Gasteiger partial charge >= 0.3 is 0 Å². The smallest absolute Gasteiger partial charge is 0.274 e. The minimum absolute atomic E-state index is 0.296. The van der Waals surface area contributed by atoms with Gasteiger partial charge in [0, 0.05) is 22.5 Å². The predicted octanol–water partition coefficient (Wildman–Crippen LogP) is 4.74. The SMILES string of the molecule is COc1cccc(Nc2ccc(C(=O)Nc3cccc(Cl)c3)nc2)c1. The summed E-state index contributed by atoms with van der Waals surface area (Å²) in [6, 6.07) is 18.0. The van der Waals surface area contributed by atoms with Crippen LogP contribution in [0.5, 0.6) is 5.75 Å². The molecule has 1 heterocycles. The zero-order chi connectivity index (χ0) is 17.6. The molecule has 3 aromatic rings. The van der Waals surface area contributed by atoms with Crippen molar-refractivity contribution in [3.8, 4) is 5.75 Å². The molecule has 2 aromatic carbocycles. The summed E-state index contributed by atoms with van der Waals surface area (Å²) in [6.07, 6.45) is 1.60.